The molecule has 0 unspecified atom stereocenters. The largest absolute Gasteiger partial charge is 0.497 e. The van der Waals surface area contributed by atoms with Crippen molar-refractivity contribution < 1.29 is 9.13 Å². The molecule has 0 spiro atoms. The lowest BCUT2D eigenvalue weighted by Gasteiger charge is -2.21. The fourth-order valence-electron chi connectivity index (χ4n) is 2.13. The molecule has 4 nitrogen and oxygen atoms in total. The van der Waals surface area contributed by atoms with Crippen LogP contribution in [0.2, 0.25) is 0 Å². The number of amidine groups is 1. The Morgan fingerprint density at radius 2 is 2.05 bits per heavy atom. The van der Waals surface area contributed by atoms with Crippen molar-refractivity contribution in [1.82, 2.24) is 0 Å². The van der Waals surface area contributed by atoms with Crippen LogP contribution in [0.5, 0.6) is 5.75 Å². The Balaban J connectivity index is 2.26. The van der Waals surface area contributed by atoms with E-state index in [2.05, 4.69) is 0 Å². The SMILES string of the molecule is COc1cccc(N(C)Cc2ccc(F)cc2C(=N)N)c1. The lowest BCUT2D eigenvalue weighted by Crippen LogP contribution is -2.21. The molecule has 2 rings (SSSR count). The Morgan fingerprint density at radius 1 is 1.29 bits per heavy atom. The van der Waals surface area contributed by atoms with Crippen LogP contribution in [-0.4, -0.2) is 20.0 Å². The van der Waals surface area contributed by atoms with Gasteiger partial charge in [-0.25, -0.2) is 4.39 Å². The summed E-state index contributed by atoms with van der Waals surface area (Å²) in [6.07, 6.45) is 0. The third kappa shape index (κ3) is 3.51. The van der Waals surface area contributed by atoms with Gasteiger partial charge in [0.05, 0.1) is 7.11 Å². The molecule has 0 aromatic heterocycles. The van der Waals surface area contributed by atoms with Gasteiger partial charge in [-0.15, -0.1) is 0 Å². The first kappa shape index (κ1) is 14.8. The first-order chi connectivity index (χ1) is 10.0. The van der Waals surface area contributed by atoms with Crippen LogP contribution in [0.25, 0.3) is 0 Å². The van der Waals surface area contributed by atoms with Crippen LogP contribution in [0.4, 0.5) is 10.1 Å². The summed E-state index contributed by atoms with van der Waals surface area (Å²) in [4.78, 5) is 1.99. The van der Waals surface area contributed by atoms with E-state index >= 15 is 0 Å². The molecular weight excluding hydrogens is 269 g/mol. The van der Waals surface area contributed by atoms with E-state index in [1.54, 1.807) is 13.2 Å². The average molecular weight is 287 g/mol. The molecule has 2 aromatic rings. The second-order valence-corrected chi connectivity index (χ2v) is 4.77. The Kier molecular flexibility index (Phi) is 4.42. The number of nitrogens with zero attached hydrogens (tertiary/aromatic N) is 1. The minimum atomic E-state index is -0.395. The molecule has 2 aromatic carbocycles. The summed E-state index contributed by atoms with van der Waals surface area (Å²) in [5.74, 6) is 0.238. The molecular formula is C16H18FN3O. The van der Waals surface area contributed by atoms with Crippen molar-refractivity contribution in [2.45, 2.75) is 6.54 Å². The molecule has 0 bridgehead atoms. The zero-order valence-electron chi connectivity index (χ0n) is 12.1. The molecule has 0 radical (unpaired) electrons. The van der Waals surface area contributed by atoms with Crippen LogP contribution in [0.3, 0.4) is 0 Å². The minimum absolute atomic E-state index is 0.136. The van der Waals surface area contributed by atoms with Gasteiger partial charge in [0.15, 0.2) is 0 Å². The number of ether oxygens (including phenoxy) is 1. The highest BCUT2D eigenvalue weighted by Crippen LogP contribution is 2.22. The smallest absolute Gasteiger partial charge is 0.123 e. The topological polar surface area (TPSA) is 62.3 Å². The number of rotatable bonds is 5. The number of methoxy groups -OCH3 is 1. The second kappa shape index (κ2) is 6.26. The molecule has 0 fully saturated rings. The number of anilines is 1. The number of nitrogen functional groups attached to an aromatic ring is 1. The van der Waals surface area contributed by atoms with Gasteiger partial charge in [0.2, 0.25) is 0 Å². The summed E-state index contributed by atoms with van der Waals surface area (Å²) in [5.41, 5.74) is 7.71. The minimum Gasteiger partial charge on any atom is -0.497 e. The molecule has 0 aliphatic rings. The number of hydrogen-bond donors (Lipinski definition) is 2. The van der Waals surface area contributed by atoms with Gasteiger partial charge in [-0.1, -0.05) is 12.1 Å². The maximum Gasteiger partial charge on any atom is 0.123 e. The molecule has 0 atom stereocenters. The second-order valence-electron chi connectivity index (χ2n) is 4.77. The van der Waals surface area contributed by atoms with Crippen molar-refractivity contribution in [3.63, 3.8) is 0 Å². The summed E-state index contributed by atoms with van der Waals surface area (Å²) in [5, 5.41) is 7.56. The molecule has 3 N–H and O–H groups in total. The van der Waals surface area contributed by atoms with Gasteiger partial charge in [0.1, 0.15) is 17.4 Å². The summed E-state index contributed by atoms with van der Waals surface area (Å²) in [6.45, 7) is 0.516. The monoisotopic (exact) mass is 287 g/mol. The molecule has 0 saturated carbocycles. The number of nitrogens with two attached hydrogens (primary N) is 1. The number of nitrogens with one attached hydrogen (secondary N) is 1. The number of benzene rings is 2. The maximum absolute atomic E-state index is 13.3. The Morgan fingerprint density at radius 3 is 2.71 bits per heavy atom. The van der Waals surface area contributed by atoms with E-state index in [1.165, 1.54) is 12.1 Å². The summed E-state index contributed by atoms with van der Waals surface area (Å²) < 4.78 is 18.5. The van der Waals surface area contributed by atoms with E-state index in [0.717, 1.165) is 17.0 Å². The van der Waals surface area contributed by atoms with Gasteiger partial charge < -0.3 is 15.4 Å². The van der Waals surface area contributed by atoms with Gasteiger partial charge >= 0.3 is 0 Å². The van der Waals surface area contributed by atoms with Gasteiger partial charge in [-0.2, -0.15) is 0 Å². The van der Waals surface area contributed by atoms with Gasteiger partial charge in [0.25, 0.3) is 0 Å². The zero-order chi connectivity index (χ0) is 15.4. The van der Waals surface area contributed by atoms with E-state index in [1.807, 2.05) is 36.2 Å². The third-order valence-corrected chi connectivity index (χ3v) is 3.26. The first-order valence-corrected chi connectivity index (χ1v) is 6.49. The van der Waals surface area contributed by atoms with Crippen molar-refractivity contribution in [3.8, 4) is 5.75 Å². The molecule has 5 heteroatoms. The Bertz CT molecular complexity index is 658. The molecule has 0 heterocycles. The van der Waals surface area contributed by atoms with Crippen molar-refractivity contribution in [1.29, 1.82) is 5.41 Å². The summed E-state index contributed by atoms with van der Waals surface area (Å²) >= 11 is 0. The van der Waals surface area contributed by atoms with Crippen LogP contribution >= 0.6 is 0 Å². The van der Waals surface area contributed by atoms with E-state index in [-0.39, 0.29) is 5.84 Å². The van der Waals surface area contributed by atoms with Gasteiger partial charge in [-0.05, 0) is 29.8 Å². The van der Waals surface area contributed by atoms with E-state index in [9.17, 15) is 4.39 Å². The van der Waals surface area contributed by atoms with E-state index < -0.39 is 5.82 Å². The first-order valence-electron chi connectivity index (χ1n) is 6.49. The van der Waals surface area contributed by atoms with Crippen LogP contribution in [0.1, 0.15) is 11.1 Å². The fraction of sp³-hybridized carbons (Fsp3) is 0.188. The quantitative estimate of drug-likeness (QED) is 0.656. The summed E-state index contributed by atoms with van der Waals surface area (Å²) in [6, 6.07) is 12.0. The summed E-state index contributed by atoms with van der Waals surface area (Å²) in [7, 11) is 3.54. The normalized spacial score (nSPS) is 10.2. The molecule has 110 valence electrons. The van der Waals surface area contributed by atoms with E-state index in [0.29, 0.717) is 12.1 Å². The van der Waals surface area contributed by atoms with Crippen LogP contribution in [0.15, 0.2) is 42.5 Å². The fourth-order valence-corrected chi connectivity index (χ4v) is 2.13. The van der Waals surface area contributed by atoms with Crippen molar-refractivity contribution in [2.75, 3.05) is 19.1 Å². The Hall–Kier alpha value is -2.56. The standard InChI is InChI=1S/C16H18FN3O/c1-20(13-4-3-5-14(9-13)21-2)10-11-6-7-12(17)8-15(11)16(18)19/h3-9H,10H2,1-2H3,(H3,18,19). The third-order valence-electron chi connectivity index (χ3n) is 3.26. The number of hydrogen-bond acceptors (Lipinski definition) is 3. The predicted molar refractivity (Wildman–Crippen MR) is 82.5 cm³/mol. The Labute approximate surface area is 123 Å². The van der Waals surface area contributed by atoms with Crippen molar-refractivity contribution in [2.24, 2.45) is 5.73 Å². The van der Waals surface area contributed by atoms with Gasteiger partial charge in [0, 0.05) is 30.9 Å². The lowest BCUT2D eigenvalue weighted by molar-refractivity contribution is 0.415. The highest BCUT2D eigenvalue weighted by Gasteiger charge is 2.10. The van der Waals surface area contributed by atoms with Crippen LogP contribution in [0, 0.1) is 11.2 Å². The highest BCUT2D eigenvalue weighted by molar-refractivity contribution is 5.96. The average Bonchev–Trinajstić information content (AvgIpc) is 2.48. The van der Waals surface area contributed by atoms with E-state index in [4.69, 9.17) is 15.9 Å². The predicted octanol–water partition coefficient (Wildman–Crippen LogP) is 2.75. The zero-order valence-corrected chi connectivity index (χ0v) is 12.1. The highest BCUT2D eigenvalue weighted by atomic mass is 19.1. The molecule has 0 amide bonds. The number of halogens is 1. The van der Waals surface area contributed by atoms with Crippen LogP contribution in [-0.2, 0) is 6.54 Å². The molecule has 0 aliphatic heterocycles. The molecule has 0 saturated heterocycles. The molecule has 21 heavy (non-hydrogen) atoms. The van der Waals surface area contributed by atoms with Crippen molar-refractivity contribution >= 4 is 11.5 Å². The van der Waals surface area contributed by atoms with Gasteiger partial charge in [-0.3, -0.25) is 5.41 Å². The van der Waals surface area contributed by atoms with Crippen LogP contribution < -0.4 is 15.4 Å². The lowest BCUT2D eigenvalue weighted by atomic mass is 10.1. The molecule has 0 aliphatic carbocycles. The maximum atomic E-state index is 13.3. The van der Waals surface area contributed by atoms with Crippen molar-refractivity contribution in [3.05, 3.63) is 59.4 Å².